The molecule has 2 amide bonds. The monoisotopic (exact) mass is 709 g/mol. The van der Waals surface area contributed by atoms with E-state index in [1.807, 2.05) is 24.5 Å². The van der Waals surface area contributed by atoms with Crippen molar-refractivity contribution in [1.29, 1.82) is 0 Å². The van der Waals surface area contributed by atoms with Crippen molar-refractivity contribution in [3.05, 3.63) is 72.3 Å². The van der Waals surface area contributed by atoms with Gasteiger partial charge in [-0.15, -0.1) is 0 Å². The minimum absolute atomic E-state index is 0.178. The van der Waals surface area contributed by atoms with Gasteiger partial charge in [-0.25, -0.2) is 0 Å². The van der Waals surface area contributed by atoms with Gasteiger partial charge in [0, 0.05) is 13.2 Å². The number of hydrogen-bond acceptors (Lipinski definition) is 5. The Bertz CT molecular complexity index is 1120. The number of carbonyl (C=O) groups is 1. The fourth-order valence-electron chi connectivity index (χ4n) is 4.51. The van der Waals surface area contributed by atoms with Gasteiger partial charge >= 0.3 is 144 Å². The van der Waals surface area contributed by atoms with Gasteiger partial charge < -0.3 is 4.74 Å². The van der Waals surface area contributed by atoms with Crippen LogP contribution in [0.15, 0.2) is 61.1 Å². The molecule has 0 aliphatic carbocycles. The molecule has 4 rings (SSSR count). The van der Waals surface area contributed by atoms with Crippen LogP contribution in [0, 0.1) is 0 Å². The van der Waals surface area contributed by atoms with Crippen LogP contribution in [0.4, 0.5) is 16.2 Å². The first-order valence-corrected chi connectivity index (χ1v) is 15.6. The summed E-state index contributed by atoms with van der Waals surface area (Å²) < 4.78 is 13.7. The summed E-state index contributed by atoms with van der Waals surface area (Å²) in [6.07, 6.45) is 11.6. The summed E-state index contributed by atoms with van der Waals surface area (Å²) in [6.45, 7) is 4.48. The van der Waals surface area contributed by atoms with Gasteiger partial charge in [0.25, 0.3) is 0 Å². The summed E-state index contributed by atoms with van der Waals surface area (Å²) >= 11 is 0.715. The van der Waals surface area contributed by atoms with Gasteiger partial charge in [0.1, 0.15) is 0 Å². The average Bonchev–Trinajstić information content (AvgIpc) is 3.34. The van der Waals surface area contributed by atoms with Crippen molar-refractivity contribution in [3.63, 3.8) is 0 Å². The molecule has 1 aliphatic heterocycles. The molecule has 2 aromatic carbocycles. The number of aryl methyl sites for hydroxylation is 1. The van der Waals surface area contributed by atoms with Crippen LogP contribution in [0.3, 0.4) is 0 Å². The van der Waals surface area contributed by atoms with Crippen molar-refractivity contribution in [1.82, 2.24) is 12.7 Å². The van der Waals surface area contributed by atoms with Crippen molar-refractivity contribution in [3.8, 4) is 5.75 Å². The zero-order valence-corrected chi connectivity index (χ0v) is 26.6. The Kier molecular flexibility index (Phi) is 11.8. The van der Waals surface area contributed by atoms with Gasteiger partial charge in [-0.2, -0.15) is 0 Å². The Balaban J connectivity index is 1.05. The van der Waals surface area contributed by atoms with E-state index in [2.05, 4.69) is 59.4 Å². The van der Waals surface area contributed by atoms with Crippen molar-refractivity contribution in [2.75, 3.05) is 43.1 Å². The third kappa shape index (κ3) is 9.61. The third-order valence-electron chi connectivity index (χ3n) is 6.53. The summed E-state index contributed by atoms with van der Waals surface area (Å²) in [7, 11) is 0. The maximum atomic E-state index is 12.4. The fraction of sp³-hybridized carbons (Fsp3) is 0.448. The standard InChI is InChI=1S/C29H39N5O3.Tl/c35-29(31-15-7-1-2-8-17-36-18-9-6-12-24-10-4-3-5-11-24)33-25-13-14-28-27(20-25)34(16-19-37-28)22-26-21-30-23-32-26;/h3-5,10-11,13-14,20-21,23H,1-2,6-9,12,15-19,22H2,(H3,30,31,32,33,35);/q;+1/p-1. The number of nitrogens with one attached hydrogen (secondary N) is 2. The second kappa shape index (κ2) is 15.7. The van der Waals surface area contributed by atoms with Crippen LogP contribution in [0.25, 0.3) is 0 Å². The number of ether oxygens (including phenoxy) is 2. The van der Waals surface area contributed by atoms with Gasteiger partial charge in [0.05, 0.1) is 0 Å². The zero-order chi connectivity index (χ0) is 26.4. The van der Waals surface area contributed by atoms with Gasteiger partial charge in [-0.3, -0.25) is 0 Å². The number of nitrogens with zero attached hydrogens (tertiary/aromatic N) is 3. The molecule has 1 aromatic heterocycles. The van der Waals surface area contributed by atoms with Gasteiger partial charge in [0.2, 0.25) is 0 Å². The van der Waals surface area contributed by atoms with Crippen molar-refractivity contribution < 1.29 is 14.3 Å². The summed E-state index contributed by atoms with van der Waals surface area (Å²) in [4.78, 5) is 19.1. The van der Waals surface area contributed by atoms with Crippen LogP contribution >= 0.6 is 0 Å². The molecule has 2 N–H and O–H groups in total. The molecule has 2 heterocycles. The second-order valence-corrected chi connectivity index (χ2v) is 11.9. The summed E-state index contributed by atoms with van der Waals surface area (Å²) in [6, 6.07) is 16.2. The molecule has 9 heteroatoms. The Morgan fingerprint density at radius 2 is 1.84 bits per heavy atom. The van der Waals surface area contributed by atoms with Gasteiger partial charge in [0.15, 0.2) is 0 Å². The van der Waals surface area contributed by atoms with E-state index in [9.17, 15) is 4.79 Å². The van der Waals surface area contributed by atoms with Crippen LogP contribution < -0.4 is 20.3 Å². The quantitative estimate of drug-likeness (QED) is 0.173. The Morgan fingerprint density at radius 3 is 2.66 bits per heavy atom. The van der Waals surface area contributed by atoms with Gasteiger partial charge in [-0.1, -0.05) is 43.2 Å². The van der Waals surface area contributed by atoms with Crippen molar-refractivity contribution in [2.45, 2.75) is 51.5 Å². The summed E-state index contributed by atoms with van der Waals surface area (Å²) in [5.74, 6) is 0.838. The maximum absolute atomic E-state index is 12.4. The van der Waals surface area contributed by atoms with Crippen LogP contribution in [-0.4, -0.2) is 72.4 Å². The number of urea groups is 1. The third-order valence-corrected chi connectivity index (χ3v) is 7.63. The fourth-order valence-corrected chi connectivity index (χ4v) is 5.44. The van der Waals surface area contributed by atoms with E-state index in [1.54, 1.807) is 0 Å². The van der Waals surface area contributed by atoms with E-state index in [0.29, 0.717) is 39.2 Å². The molecule has 0 radical (unpaired) electrons. The van der Waals surface area contributed by atoms with E-state index in [1.165, 1.54) is 12.0 Å². The molecular weight excluding hydrogens is 671 g/mol. The molecule has 0 spiro atoms. The molecule has 200 valence electrons. The molecule has 0 unspecified atom stereocenters. The first kappa shape index (κ1) is 28.4. The number of anilines is 2. The molecule has 0 saturated carbocycles. The molecule has 0 bridgehead atoms. The van der Waals surface area contributed by atoms with Crippen LogP contribution in [-0.2, 0) is 17.7 Å². The minimum atomic E-state index is -0.178. The molecule has 38 heavy (non-hydrogen) atoms. The van der Waals surface area contributed by atoms with E-state index in [0.717, 1.165) is 87.6 Å². The topological polar surface area (TPSA) is 80.7 Å². The van der Waals surface area contributed by atoms with Crippen LogP contribution in [0.2, 0.25) is 0 Å². The first-order chi connectivity index (χ1) is 18.7. The Morgan fingerprint density at radius 1 is 1.03 bits per heavy atom. The molecule has 8 nitrogen and oxygen atoms in total. The SMILES string of the molecule is O=C(NCCCCCCOCCCCc1ccccc1)Nc1ccc2c(c1)N(Cc1c[n]([Tl])cn1)CCO2. The Hall–Kier alpha value is -2.60. The van der Waals surface area contributed by atoms with Crippen LogP contribution in [0.5, 0.6) is 5.75 Å². The van der Waals surface area contributed by atoms with E-state index in [-0.39, 0.29) is 6.03 Å². The molecular formula is C29H38N5O3Tl. The van der Waals surface area contributed by atoms with E-state index < -0.39 is 0 Å². The normalized spacial score (nSPS) is 12.6. The molecule has 3 aromatic rings. The molecule has 1 aliphatic rings. The Labute approximate surface area is 242 Å². The molecule has 0 fully saturated rings. The number of rotatable bonds is 15. The van der Waals surface area contributed by atoms with Crippen LogP contribution in [0.1, 0.15) is 49.8 Å². The van der Waals surface area contributed by atoms with Crippen molar-refractivity contribution in [2.24, 2.45) is 0 Å². The molecule has 0 saturated heterocycles. The van der Waals surface area contributed by atoms with E-state index >= 15 is 0 Å². The number of hydrogen-bond donors (Lipinski definition) is 2. The first-order valence-electron chi connectivity index (χ1n) is 13.6. The number of aromatic nitrogens is 2. The number of fused-ring (bicyclic) bond motifs is 1. The predicted molar refractivity (Wildman–Crippen MR) is 152 cm³/mol. The van der Waals surface area contributed by atoms with E-state index in [4.69, 9.17) is 9.47 Å². The predicted octanol–water partition coefficient (Wildman–Crippen LogP) is 4.94. The number of amides is 2. The average molecular weight is 709 g/mol. The zero-order valence-electron chi connectivity index (χ0n) is 22.1. The molecule has 0 atom stereocenters. The number of carbonyl (C=O) groups excluding carboxylic acids is 1. The van der Waals surface area contributed by atoms with Crippen molar-refractivity contribution >= 4 is 43.5 Å². The number of benzene rings is 2. The number of unbranched alkanes of at least 4 members (excludes halogenated alkanes) is 4. The van der Waals surface area contributed by atoms with Gasteiger partial charge in [-0.05, 0) is 37.7 Å². The summed E-state index contributed by atoms with van der Waals surface area (Å²) in [5, 5.41) is 5.93. The number of imidazole rings is 1. The second-order valence-electron chi connectivity index (χ2n) is 9.61. The summed E-state index contributed by atoms with van der Waals surface area (Å²) in [5.41, 5.74) is 4.18.